The molecule has 1 heterocycles. The molecule has 1 aromatic rings. The highest BCUT2D eigenvalue weighted by Gasteiger charge is 2.04. The van der Waals surface area contributed by atoms with Crippen molar-refractivity contribution in [1.29, 1.82) is 0 Å². The molecule has 0 fully saturated rings. The number of rotatable bonds is 8. The molecule has 0 aliphatic rings. The quantitative estimate of drug-likeness (QED) is 0.346. The topological polar surface area (TPSA) is 71.9 Å². The van der Waals surface area contributed by atoms with Crippen LogP contribution >= 0.6 is 0 Å². The standard InChI is InChI=1S/C14H24N4O2.C2H6/c1-11(2)14(15-4)20-18-7-9-19-8-5-6-13-12(3)16-10-17-13;1-2/h7,10-11H,5-6,8-9H2,1-4H3,(H,16,17);1-2H3/b15-14?,18-7+;. The van der Waals surface area contributed by atoms with E-state index in [9.17, 15) is 0 Å². The molecule has 0 spiro atoms. The second-order valence-corrected chi connectivity index (χ2v) is 4.75. The van der Waals surface area contributed by atoms with Crippen molar-refractivity contribution < 1.29 is 9.57 Å². The molecule has 0 aliphatic carbocycles. The van der Waals surface area contributed by atoms with Gasteiger partial charge in [-0.3, -0.25) is 4.99 Å². The molecule has 6 nitrogen and oxygen atoms in total. The van der Waals surface area contributed by atoms with Gasteiger partial charge in [0.1, 0.15) is 0 Å². The molecule has 0 aliphatic heterocycles. The summed E-state index contributed by atoms with van der Waals surface area (Å²) in [5, 5.41) is 3.83. The maximum Gasteiger partial charge on any atom is 0.222 e. The van der Waals surface area contributed by atoms with Crippen LogP contribution in [-0.4, -0.2) is 42.3 Å². The summed E-state index contributed by atoms with van der Waals surface area (Å²) in [6.07, 6.45) is 5.18. The first-order valence-corrected chi connectivity index (χ1v) is 7.87. The number of imidazole rings is 1. The summed E-state index contributed by atoms with van der Waals surface area (Å²) in [5.41, 5.74) is 2.23. The molecule has 0 atom stereocenters. The van der Waals surface area contributed by atoms with Crippen LogP contribution < -0.4 is 0 Å². The van der Waals surface area contributed by atoms with Gasteiger partial charge >= 0.3 is 0 Å². The minimum Gasteiger partial charge on any atom is -0.376 e. The summed E-state index contributed by atoms with van der Waals surface area (Å²) < 4.78 is 5.44. The van der Waals surface area contributed by atoms with Crippen LogP contribution in [0.4, 0.5) is 0 Å². The van der Waals surface area contributed by atoms with Crippen molar-refractivity contribution >= 4 is 12.1 Å². The van der Waals surface area contributed by atoms with Crippen molar-refractivity contribution in [3.8, 4) is 0 Å². The van der Waals surface area contributed by atoms with E-state index in [0.29, 0.717) is 19.1 Å². The maximum atomic E-state index is 5.44. The molecular weight excluding hydrogens is 280 g/mol. The van der Waals surface area contributed by atoms with Gasteiger partial charge in [-0.05, 0) is 19.8 Å². The fourth-order valence-electron chi connectivity index (χ4n) is 1.64. The Morgan fingerprint density at radius 3 is 2.68 bits per heavy atom. The minimum absolute atomic E-state index is 0.232. The van der Waals surface area contributed by atoms with E-state index in [1.54, 1.807) is 19.6 Å². The van der Waals surface area contributed by atoms with Gasteiger partial charge < -0.3 is 14.6 Å². The first kappa shape index (κ1) is 20.3. The molecule has 126 valence electrons. The van der Waals surface area contributed by atoms with Crippen molar-refractivity contribution in [3.63, 3.8) is 0 Å². The Kier molecular flexibility index (Phi) is 12.0. The molecule has 6 heteroatoms. The zero-order valence-corrected chi connectivity index (χ0v) is 14.7. The Bertz CT molecular complexity index is 439. The van der Waals surface area contributed by atoms with Crippen molar-refractivity contribution in [2.75, 3.05) is 20.3 Å². The summed E-state index contributed by atoms with van der Waals surface area (Å²) in [6.45, 7) is 11.2. The summed E-state index contributed by atoms with van der Waals surface area (Å²) in [4.78, 5) is 16.5. The number of aryl methyl sites for hydroxylation is 2. The highest BCUT2D eigenvalue weighted by Crippen LogP contribution is 2.03. The van der Waals surface area contributed by atoms with E-state index >= 15 is 0 Å². The SMILES string of the molecule is CC.CN=C(O/N=C/COCCCc1nc[nH]c1C)C(C)C. The van der Waals surface area contributed by atoms with Gasteiger partial charge in [-0.2, -0.15) is 0 Å². The number of aromatic amines is 1. The number of nitrogens with zero attached hydrogens (tertiary/aromatic N) is 3. The molecule has 1 N–H and O–H groups in total. The van der Waals surface area contributed by atoms with Crippen LogP contribution in [0.2, 0.25) is 0 Å². The summed E-state index contributed by atoms with van der Waals surface area (Å²) in [5.74, 6) is 0.852. The zero-order chi connectivity index (χ0) is 16.8. The van der Waals surface area contributed by atoms with Gasteiger partial charge in [-0.1, -0.05) is 32.9 Å². The van der Waals surface area contributed by atoms with Crippen LogP contribution in [0, 0.1) is 12.8 Å². The molecule has 1 rings (SSSR count). The third-order valence-corrected chi connectivity index (χ3v) is 2.76. The lowest BCUT2D eigenvalue weighted by Crippen LogP contribution is -2.09. The van der Waals surface area contributed by atoms with E-state index in [0.717, 1.165) is 24.2 Å². The third-order valence-electron chi connectivity index (χ3n) is 2.76. The molecular formula is C16H30N4O2. The van der Waals surface area contributed by atoms with Crippen LogP contribution in [0.1, 0.15) is 45.5 Å². The second kappa shape index (κ2) is 13.0. The van der Waals surface area contributed by atoms with Gasteiger partial charge in [0.05, 0.1) is 24.8 Å². The van der Waals surface area contributed by atoms with Crippen LogP contribution in [0.3, 0.4) is 0 Å². The number of H-pyrrole nitrogens is 1. The summed E-state index contributed by atoms with van der Waals surface area (Å²) in [6, 6.07) is 0. The highest BCUT2D eigenvalue weighted by atomic mass is 16.6. The lowest BCUT2D eigenvalue weighted by Gasteiger charge is -2.05. The molecule has 0 saturated heterocycles. The monoisotopic (exact) mass is 310 g/mol. The van der Waals surface area contributed by atoms with Gasteiger partial charge in [0, 0.05) is 25.3 Å². The third kappa shape index (κ3) is 8.56. The summed E-state index contributed by atoms with van der Waals surface area (Å²) >= 11 is 0. The molecule has 0 radical (unpaired) electrons. The Morgan fingerprint density at radius 2 is 2.14 bits per heavy atom. The number of ether oxygens (including phenoxy) is 1. The molecule has 0 amide bonds. The van der Waals surface area contributed by atoms with Crippen LogP contribution in [0.25, 0.3) is 0 Å². The second-order valence-electron chi connectivity index (χ2n) is 4.75. The molecule has 0 unspecified atom stereocenters. The predicted octanol–water partition coefficient (Wildman–Crippen LogP) is 3.38. The molecule has 22 heavy (non-hydrogen) atoms. The van der Waals surface area contributed by atoms with Crippen LogP contribution in [0.15, 0.2) is 16.5 Å². The van der Waals surface area contributed by atoms with Crippen molar-refractivity contribution in [2.24, 2.45) is 16.1 Å². The highest BCUT2D eigenvalue weighted by molar-refractivity contribution is 5.78. The van der Waals surface area contributed by atoms with Crippen molar-refractivity contribution in [2.45, 2.75) is 47.5 Å². The average molecular weight is 310 g/mol. The minimum atomic E-state index is 0.232. The molecule has 1 aromatic heterocycles. The van der Waals surface area contributed by atoms with E-state index in [2.05, 4.69) is 20.1 Å². The van der Waals surface area contributed by atoms with Gasteiger partial charge in [0.25, 0.3) is 0 Å². The number of nitrogens with one attached hydrogen (secondary N) is 1. The van der Waals surface area contributed by atoms with E-state index < -0.39 is 0 Å². The largest absolute Gasteiger partial charge is 0.376 e. The number of aromatic nitrogens is 2. The first-order chi connectivity index (χ1) is 10.6. The number of hydrogen-bond acceptors (Lipinski definition) is 5. The van der Waals surface area contributed by atoms with Gasteiger partial charge in [-0.15, -0.1) is 0 Å². The fourth-order valence-corrected chi connectivity index (χ4v) is 1.64. The molecule has 0 saturated carbocycles. The number of hydrogen-bond donors (Lipinski definition) is 1. The zero-order valence-electron chi connectivity index (χ0n) is 14.7. The van der Waals surface area contributed by atoms with Crippen molar-refractivity contribution in [3.05, 3.63) is 17.7 Å². The smallest absolute Gasteiger partial charge is 0.222 e. The van der Waals surface area contributed by atoms with Gasteiger partial charge in [0.15, 0.2) is 0 Å². The lowest BCUT2D eigenvalue weighted by molar-refractivity contribution is 0.168. The Hall–Kier alpha value is -1.69. The van der Waals surface area contributed by atoms with Crippen LogP contribution in [0.5, 0.6) is 0 Å². The van der Waals surface area contributed by atoms with Gasteiger partial charge in [0.2, 0.25) is 5.90 Å². The lowest BCUT2D eigenvalue weighted by atomic mass is 10.2. The maximum absolute atomic E-state index is 5.44. The molecule has 0 bridgehead atoms. The van der Waals surface area contributed by atoms with E-state index in [-0.39, 0.29) is 5.92 Å². The fraction of sp³-hybridized carbons (Fsp3) is 0.688. The number of aliphatic imine (C=N–C) groups is 1. The Morgan fingerprint density at radius 1 is 1.41 bits per heavy atom. The Balaban J connectivity index is 0.00000211. The van der Waals surface area contributed by atoms with E-state index in [1.807, 2.05) is 34.6 Å². The summed E-state index contributed by atoms with van der Waals surface area (Å²) in [7, 11) is 1.69. The van der Waals surface area contributed by atoms with Gasteiger partial charge in [-0.25, -0.2) is 4.98 Å². The predicted molar refractivity (Wildman–Crippen MR) is 91.6 cm³/mol. The number of oxime groups is 1. The normalized spacial score (nSPS) is 11.7. The van der Waals surface area contributed by atoms with Crippen LogP contribution in [-0.2, 0) is 16.0 Å². The van der Waals surface area contributed by atoms with Crippen molar-refractivity contribution in [1.82, 2.24) is 9.97 Å². The Labute approximate surface area is 134 Å². The average Bonchev–Trinajstić information content (AvgIpc) is 2.92. The molecule has 0 aromatic carbocycles. The first-order valence-electron chi connectivity index (χ1n) is 7.87. The van der Waals surface area contributed by atoms with E-state index in [1.165, 1.54) is 0 Å². The van der Waals surface area contributed by atoms with E-state index in [4.69, 9.17) is 9.57 Å².